The van der Waals surface area contributed by atoms with E-state index in [0.717, 1.165) is 5.76 Å². The molecule has 0 spiro atoms. The van der Waals surface area contributed by atoms with Crippen molar-refractivity contribution in [2.24, 2.45) is 0 Å². The fourth-order valence-electron chi connectivity index (χ4n) is 1.44. The average molecular weight is 220 g/mol. The lowest BCUT2D eigenvalue weighted by molar-refractivity contribution is 0.479. The van der Waals surface area contributed by atoms with E-state index in [-0.39, 0.29) is 5.82 Å². The third-order valence-corrected chi connectivity index (χ3v) is 2.27. The maximum absolute atomic E-state index is 13.4. The van der Waals surface area contributed by atoms with Crippen LogP contribution in [0.25, 0.3) is 0 Å². The molecule has 0 atom stereocenters. The van der Waals surface area contributed by atoms with E-state index < -0.39 is 0 Å². The highest BCUT2D eigenvalue weighted by molar-refractivity contribution is 5.40. The Kier molecular flexibility index (Phi) is 3.22. The van der Waals surface area contributed by atoms with Crippen molar-refractivity contribution in [3.05, 3.63) is 53.7 Å². The molecule has 0 fully saturated rings. The molecule has 4 heteroatoms. The van der Waals surface area contributed by atoms with Crippen LogP contribution in [0.4, 0.5) is 10.1 Å². The average Bonchev–Trinajstić information content (AvgIpc) is 2.74. The van der Waals surface area contributed by atoms with Crippen LogP contribution < -0.4 is 11.1 Å². The van der Waals surface area contributed by atoms with Gasteiger partial charge >= 0.3 is 0 Å². The zero-order chi connectivity index (χ0) is 11.4. The lowest BCUT2D eigenvalue weighted by atomic mass is 10.2. The van der Waals surface area contributed by atoms with Gasteiger partial charge in [0.2, 0.25) is 0 Å². The molecule has 0 unspecified atom stereocenters. The smallest absolute Gasteiger partial charge is 0.129 e. The third kappa shape index (κ3) is 2.61. The normalized spacial score (nSPS) is 10.6. The van der Waals surface area contributed by atoms with Crippen LogP contribution in [-0.2, 0) is 13.1 Å². The fourth-order valence-corrected chi connectivity index (χ4v) is 1.44. The molecule has 16 heavy (non-hydrogen) atoms. The number of anilines is 1. The van der Waals surface area contributed by atoms with Gasteiger partial charge in [-0.2, -0.15) is 0 Å². The number of nitrogens with one attached hydrogen (secondary N) is 1. The topological polar surface area (TPSA) is 51.2 Å². The monoisotopic (exact) mass is 220 g/mol. The van der Waals surface area contributed by atoms with Crippen LogP contribution in [0.1, 0.15) is 11.3 Å². The van der Waals surface area contributed by atoms with Gasteiger partial charge in [0.1, 0.15) is 11.6 Å². The van der Waals surface area contributed by atoms with E-state index in [2.05, 4.69) is 5.32 Å². The van der Waals surface area contributed by atoms with Gasteiger partial charge in [-0.3, -0.25) is 0 Å². The van der Waals surface area contributed by atoms with Crippen molar-refractivity contribution in [2.45, 2.75) is 13.1 Å². The summed E-state index contributed by atoms with van der Waals surface area (Å²) in [5.74, 6) is 0.544. The standard InChI is InChI=1S/C12H13FN2O/c13-12-6-10(14)4-3-9(12)7-15-8-11-2-1-5-16-11/h1-6,15H,7-8,14H2. The summed E-state index contributed by atoms with van der Waals surface area (Å²) in [6.07, 6.45) is 1.61. The molecule has 0 radical (unpaired) electrons. The van der Waals surface area contributed by atoms with Gasteiger partial charge in [-0.25, -0.2) is 4.39 Å². The van der Waals surface area contributed by atoms with Gasteiger partial charge in [0.15, 0.2) is 0 Å². The van der Waals surface area contributed by atoms with Crippen LogP contribution in [0.5, 0.6) is 0 Å². The van der Waals surface area contributed by atoms with Crippen molar-refractivity contribution in [3.63, 3.8) is 0 Å². The molecule has 0 aliphatic heterocycles. The Morgan fingerprint density at radius 1 is 1.25 bits per heavy atom. The number of hydrogen-bond donors (Lipinski definition) is 2. The molecule has 84 valence electrons. The molecular formula is C12H13FN2O. The SMILES string of the molecule is Nc1ccc(CNCc2ccco2)c(F)c1. The Balaban J connectivity index is 1.90. The van der Waals surface area contributed by atoms with Crippen LogP contribution >= 0.6 is 0 Å². The number of furan rings is 1. The highest BCUT2D eigenvalue weighted by Gasteiger charge is 2.02. The minimum Gasteiger partial charge on any atom is -0.468 e. The maximum atomic E-state index is 13.4. The highest BCUT2D eigenvalue weighted by Crippen LogP contribution is 2.11. The van der Waals surface area contributed by atoms with Gasteiger partial charge in [0.25, 0.3) is 0 Å². The lowest BCUT2D eigenvalue weighted by Gasteiger charge is -2.05. The summed E-state index contributed by atoms with van der Waals surface area (Å²) in [5, 5.41) is 3.09. The summed E-state index contributed by atoms with van der Waals surface area (Å²) in [7, 11) is 0. The van der Waals surface area contributed by atoms with E-state index in [1.807, 2.05) is 12.1 Å². The molecule has 1 aromatic heterocycles. The molecular weight excluding hydrogens is 207 g/mol. The summed E-state index contributed by atoms with van der Waals surface area (Å²) in [6.45, 7) is 1.03. The maximum Gasteiger partial charge on any atom is 0.129 e. The zero-order valence-corrected chi connectivity index (χ0v) is 8.74. The van der Waals surface area contributed by atoms with E-state index in [0.29, 0.717) is 24.3 Å². The van der Waals surface area contributed by atoms with E-state index in [1.54, 1.807) is 18.4 Å². The van der Waals surface area contributed by atoms with Crippen LogP contribution in [0.15, 0.2) is 41.0 Å². The second-order valence-corrected chi connectivity index (χ2v) is 3.53. The lowest BCUT2D eigenvalue weighted by Crippen LogP contribution is -2.13. The number of hydrogen-bond acceptors (Lipinski definition) is 3. The first-order valence-corrected chi connectivity index (χ1v) is 5.03. The zero-order valence-electron chi connectivity index (χ0n) is 8.74. The first-order chi connectivity index (χ1) is 7.75. The predicted molar refractivity (Wildman–Crippen MR) is 60.1 cm³/mol. The number of rotatable bonds is 4. The van der Waals surface area contributed by atoms with Crippen LogP contribution in [-0.4, -0.2) is 0 Å². The van der Waals surface area contributed by atoms with Crippen molar-refractivity contribution < 1.29 is 8.81 Å². The molecule has 0 aliphatic rings. The van der Waals surface area contributed by atoms with E-state index in [4.69, 9.17) is 10.2 Å². The highest BCUT2D eigenvalue weighted by atomic mass is 19.1. The van der Waals surface area contributed by atoms with Crippen molar-refractivity contribution in [1.82, 2.24) is 5.32 Å². The third-order valence-electron chi connectivity index (χ3n) is 2.27. The summed E-state index contributed by atoms with van der Waals surface area (Å²) in [5.41, 5.74) is 6.49. The Morgan fingerprint density at radius 3 is 2.81 bits per heavy atom. The second-order valence-electron chi connectivity index (χ2n) is 3.53. The minimum absolute atomic E-state index is 0.285. The largest absolute Gasteiger partial charge is 0.468 e. The summed E-state index contributed by atoms with van der Waals surface area (Å²) in [6, 6.07) is 8.38. The Labute approximate surface area is 93.1 Å². The number of halogens is 1. The molecule has 0 amide bonds. The first kappa shape index (κ1) is 10.7. The number of benzene rings is 1. The quantitative estimate of drug-likeness (QED) is 0.777. The summed E-state index contributed by atoms with van der Waals surface area (Å²) in [4.78, 5) is 0. The Hall–Kier alpha value is -1.81. The molecule has 0 bridgehead atoms. The van der Waals surface area contributed by atoms with Crippen molar-refractivity contribution in [1.29, 1.82) is 0 Å². The van der Waals surface area contributed by atoms with E-state index >= 15 is 0 Å². The van der Waals surface area contributed by atoms with Crippen molar-refractivity contribution in [2.75, 3.05) is 5.73 Å². The van der Waals surface area contributed by atoms with Crippen LogP contribution in [0.2, 0.25) is 0 Å². The first-order valence-electron chi connectivity index (χ1n) is 5.03. The Morgan fingerprint density at radius 2 is 2.12 bits per heavy atom. The van der Waals surface area contributed by atoms with Gasteiger partial charge in [-0.15, -0.1) is 0 Å². The molecule has 3 N–H and O–H groups in total. The van der Waals surface area contributed by atoms with Gasteiger partial charge in [0, 0.05) is 17.8 Å². The fraction of sp³-hybridized carbons (Fsp3) is 0.167. The molecule has 0 saturated heterocycles. The molecule has 1 aromatic carbocycles. The van der Waals surface area contributed by atoms with Crippen molar-refractivity contribution in [3.8, 4) is 0 Å². The van der Waals surface area contributed by atoms with Gasteiger partial charge in [-0.1, -0.05) is 6.07 Å². The molecule has 0 saturated carbocycles. The molecule has 0 aliphatic carbocycles. The molecule has 3 nitrogen and oxygen atoms in total. The second kappa shape index (κ2) is 4.81. The molecule has 2 aromatic rings. The van der Waals surface area contributed by atoms with Crippen molar-refractivity contribution >= 4 is 5.69 Å². The van der Waals surface area contributed by atoms with E-state index in [9.17, 15) is 4.39 Å². The van der Waals surface area contributed by atoms with Crippen LogP contribution in [0.3, 0.4) is 0 Å². The summed E-state index contributed by atoms with van der Waals surface area (Å²) < 4.78 is 18.5. The summed E-state index contributed by atoms with van der Waals surface area (Å²) >= 11 is 0. The predicted octanol–water partition coefficient (Wildman–Crippen LogP) is 2.29. The number of nitrogens with two attached hydrogens (primary N) is 1. The minimum atomic E-state index is -0.285. The van der Waals surface area contributed by atoms with Crippen LogP contribution in [0, 0.1) is 5.82 Å². The number of nitrogen functional groups attached to an aromatic ring is 1. The van der Waals surface area contributed by atoms with Gasteiger partial charge in [0.05, 0.1) is 12.8 Å². The van der Waals surface area contributed by atoms with Gasteiger partial charge in [-0.05, 0) is 24.3 Å². The molecule has 1 heterocycles. The molecule has 2 rings (SSSR count). The van der Waals surface area contributed by atoms with Gasteiger partial charge < -0.3 is 15.5 Å². The van der Waals surface area contributed by atoms with E-state index in [1.165, 1.54) is 6.07 Å². The Bertz CT molecular complexity index is 454.